The molecule has 0 spiro atoms. The van der Waals surface area contributed by atoms with Gasteiger partial charge in [-0.3, -0.25) is 4.79 Å². The molecule has 1 atom stereocenters. The lowest BCUT2D eigenvalue weighted by Crippen LogP contribution is -2.27. The number of nitrogens with two attached hydrogens (primary N) is 1. The summed E-state index contributed by atoms with van der Waals surface area (Å²) in [4.78, 5) is 22.4. The summed E-state index contributed by atoms with van der Waals surface area (Å²) >= 11 is 6.52. The SMILES string of the molecule is C=CC(=O)N1CC[C@@H](n2nc(-c3ccc(OCc4cccc(F)c4)c(Cl)c3)c3c(N)ncnc32)C1. The van der Waals surface area contributed by atoms with Crippen molar-refractivity contribution in [3.05, 3.63) is 77.9 Å². The molecule has 1 aliphatic heterocycles. The summed E-state index contributed by atoms with van der Waals surface area (Å²) in [7, 11) is 0. The first-order chi connectivity index (χ1) is 16.9. The number of carbonyl (C=O) groups is 1. The van der Waals surface area contributed by atoms with Crippen LogP contribution in [0.2, 0.25) is 5.02 Å². The van der Waals surface area contributed by atoms with Gasteiger partial charge in [0.25, 0.3) is 0 Å². The molecule has 3 heterocycles. The van der Waals surface area contributed by atoms with Crippen molar-refractivity contribution in [2.45, 2.75) is 19.1 Å². The number of aromatic nitrogens is 4. The molecule has 35 heavy (non-hydrogen) atoms. The number of hydrogen-bond acceptors (Lipinski definition) is 6. The molecule has 2 N–H and O–H groups in total. The molecule has 1 aliphatic rings. The molecule has 1 fully saturated rings. The Kier molecular flexibility index (Phi) is 6.08. The Morgan fingerprint density at radius 3 is 2.91 bits per heavy atom. The van der Waals surface area contributed by atoms with E-state index in [1.807, 2.05) is 6.07 Å². The molecule has 2 aromatic carbocycles. The van der Waals surface area contributed by atoms with E-state index in [9.17, 15) is 9.18 Å². The van der Waals surface area contributed by atoms with Crippen LogP contribution in [0, 0.1) is 5.82 Å². The molecule has 0 unspecified atom stereocenters. The molecular formula is C25H22ClFN6O2. The average Bonchev–Trinajstić information content (AvgIpc) is 3.49. The fraction of sp³-hybridized carbons (Fsp3) is 0.200. The number of nitrogens with zero attached hydrogens (tertiary/aromatic N) is 5. The van der Waals surface area contributed by atoms with Gasteiger partial charge in [-0.1, -0.05) is 30.3 Å². The Hall–Kier alpha value is -3.98. The predicted octanol–water partition coefficient (Wildman–Crippen LogP) is 4.41. The fourth-order valence-electron chi connectivity index (χ4n) is 4.28. The van der Waals surface area contributed by atoms with Crippen LogP contribution in [0.4, 0.5) is 10.2 Å². The molecular weight excluding hydrogens is 471 g/mol. The minimum atomic E-state index is -0.325. The third-order valence-corrected chi connectivity index (χ3v) is 6.30. The van der Waals surface area contributed by atoms with Gasteiger partial charge >= 0.3 is 0 Å². The lowest BCUT2D eigenvalue weighted by atomic mass is 10.1. The Balaban J connectivity index is 1.46. The number of likely N-dealkylation sites (tertiary alicyclic amines) is 1. The molecule has 5 rings (SSSR count). The largest absolute Gasteiger partial charge is 0.487 e. The highest BCUT2D eigenvalue weighted by Gasteiger charge is 2.30. The lowest BCUT2D eigenvalue weighted by molar-refractivity contribution is -0.125. The summed E-state index contributed by atoms with van der Waals surface area (Å²) in [5.74, 6) is 0.325. The van der Waals surface area contributed by atoms with Crippen LogP contribution in [0.1, 0.15) is 18.0 Å². The molecule has 0 radical (unpaired) electrons. The average molecular weight is 493 g/mol. The molecule has 10 heteroatoms. The highest BCUT2D eigenvalue weighted by atomic mass is 35.5. The quantitative estimate of drug-likeness (QED) is 0.400. The number of nitrogen functional groups attached to an aromatic ring is 1. The number of hydrogen-bond donors (Lipinski definition) is 1. The van der Waals surface area contributed by atoms with E-state index in [0.717, 1.165) is 12.0 Å². The molecule has 1 saturated heterocycles. The second-order valence-corrected chi connectivity index (χ2v) is 8.65. The summed E-state index contributed by atoms with van der Waals surface area (Å²) in [5, 5.41) is 5.82. The first-order valence-electron chi connectivity index (χ1n) is 11.0. The number of halogens is 2. The molecule has 0 aliphatic carbocycles. The van der Waals surface area contributed by atoms with Gasteiger partial charge in [0.15, 0.2) is 5.65 Å². The smallest absolute Gasteiger partial charge is 0.246 e. The van der Waals surface area contributed by atoms with Crippen molar-refractivity contribution in [2.24, 2.45) is 0 Å². The summed E-state index contributed by atoms with van der Waals surface area (Å²) in [5.41, 5.74) is 8.82. The van der Waals surface area contributed by atoms with Gasteiger partial charge in [-0.2, -0.15) is 5.10 Å². The van der Waals surface area contributed by atoms with Gasteiger partial charge in [0.1, 0.15) is 36.0 Å². The number of anilines is 1. The van der Waals surface area contributed by atoms with Crippen LogP contribution < -0.4 is 10.5 Å². The van der Waals surface area contributed by atoms with Gasteiger partial charge in [-0.15, -0.1) is 0 Å². The highest BCUT2D eigenvalue weighted by Crippen LogP contribution is 2.37. The zero-order valence-electron chi connectivity index (χ0n) is 18.7. The van der Waals surface area contributed by atoms with Crippen molar-refractivity contribution < 1.29 is 13.9 Å². The van der Waals surface area contributed by atoms with Crippen molar-refractivity contribution in [3.63, 3.8) is 0 Å². The van der Waals surface area contributed by atoms with E-state index in [2.05, 4.69) is 16.5 Å². The molecule has 1 amide bonds. The van der Waals surface area contributed by atoms with Crippen LogP contribution in [-0.4, -0.2) is 43.6 Å². The number of amides is 1. The van der Waals surface area contributed by atoms with E-state index < -0.39 is 0 Å². The van der Waals surface area contributed by atoms with Gasteiger partial charge in [-0.25, -0.2) is 19.0 Å². The Morgan fingerprint density at radius 1 is 1.29 bits per heavy atom. The van der Waals surface area contributed by atoms with Crippen LogP contribution >= 0.6 is 11.6 Å². The number of fused-ring (bicyclic) bond motifs is 1. The molecule has 0 bridgehead atoms. The Morgan fingerprint density at radius 2 is 2.14 bits per heavy atom. The topological polar surface area (TPSA) is 99.2 Å². The Labute approximate surface area is 205 Å². The second-order valence-electron chi connectivity index (χ2n) is 8.25. The monoisotopic (exact) mass is 492 g/mol. The van der Waals surface area contributed by atoms with Gasteiger partial charge in [0.2, 0.25) is 5.91 Å². The third kappa shape index (κ3) is 4.42. The minimum absolute atomic E-state index is 0.0613. The first-order valence-corrected chi connectivity index (χ1v) is 11.4. The van der Waals surface area contributed by atoms with Crippen molar-refractivity contribution in [1.29, 1.82) is 0 Å². The van der Waals surface area contributed by atoms with E-state index in [-0.39, 0.29) is 24.4 Å². The number of rotatable bonds is 6. The normalized spacial score (nSPS) is 15.5. The summed E-state index contributed by atoms with van der Waals surface area (Å²) in [6, 6.07) is 11.4. The number of ether oxygens (including phenoxy) is 1. The summed E-state index contributed by atoms with van der Waals surface area (Å²) in [6.45, 7) is 4.85. The van der Waals surface area contributed by atoms with E-state index in [0.29, 0.717) is 52.0 Å². The fourth-order valence-corrected chi connectivity index (χ4v) is 4.51. The molecule has 2 aromatic heterocycles. The number of benzene rings is 2. The standard InChI is InChI=1S/C25H22ClFN6O2/c1-2-21(34)32-9-8-18(12-32)33-25-22(24(28)29-14-30-25)23(31-33)16-6-7-20(19(26)11-16)35-13-15-4-3-5-17(27)10-15/h2-7,10-11,14,18H,1,8-9,12-13H2,(H2,28,29,30)/t18-/m1/s1. The zero-order chi connectivity index (χ0) is 24.5. The van der Waals surface area contributed by atoms with Crippen LogP contribution in [0.15, 0.2) is 61.4 Å². The van der Waals surface area contributed by atoms with Crippen molar-refractivity contribution in [2.75, 3.05) is 18.8 Å². The first kappa shape index (κ1) is 22.8. The van der Waals surface area contributed by atoms with E-state index in [4.69, 9.17) is 27.2 Å². The highest BCUT2D eigenvalue weighted by molar-refractivity contribution is 6.32. The van der Waals surface area contributed by atoms with Gasteiger partial charge in [0, 0.05) is 18.7 Å². The van der Waals surface area contributed by atoms with Gasteiger partial charge in [0.05, 0.1) is 16.5 Å². The maximum absolute atomic E-state index is 13.4. The van der Waals surface area contributed by atoms with Crippen molar-refractivity contribution in [1.82, 2.24) is 24.6 Å². The van der Waals surface area contributed by atoms with E-state index in [1.165, 1.54) is 24.5 Å². The van der Waals surface area contributed by atoms with Crippen LogP contribution in [-0.2, 0) is 11.4 Å². The maximum atomic E-state index is 13.4. The summed E-state index contributed by atoms with van der Waals surface area (Å²) in [6.07, 6.45) is 3.44. The predicted molar refractivity (Wildman–Crippen MR) is 131 cm³/mol. The molecule has 8 nitrogen and oxygen atoms in total. The Bertz CT molecular complexity index is 1440. The van der Waals surface area contributed by atoms with E-state index in [1.54, 1.807) is 33.8 Å². The minimum Gasteiger partial charge on any atom is -0.487 e. The number of carbonyl (C=O) groups excluding carboxylic acids is 1. The zero-order valence-corrected chi connectivity index (χ0v) is 19.5. The van der Waals surface area contributed by atoms with Crippen molar-refractivity contribution >= 4 is 34.4 Å². The summed E-state index contributed by atoms with van der Waals surface area (Å²) < 4.78 is 21.0. The molecule has 178 valence electrons. The van der Waals surface area contributed by atoms with Crippen LogP contribution in [0.25, 0.3) is 22.3 Å². The second kappa shape index (κ2) is 9.34. The van der Waals surface area contributed by atoms with Crippen molar-refractivity contribution in [3.8, 4) is 17.0 Å². The van der Waals surface area contributed by atoms with Gasteiger partial charge < -0.3 is 15.4 Å². The molecule has 4 aromatic rings. The van der Waals surface area contributed by atoms with E-state index >= 15 is 0 Å². The maximum Gasteiger partial charge on any atom is 0.246 e. The van der Waals surface area contributed by atoms with Crippen LogP contribution in [0.5, 0.6) is 5.75 Å². The van der Waals surface area contributed by atoms with Gasteiger partial charge in [-0.05, 0) is 48.4 Å². The molecule has 0 saturated carbocycles. The third-order valence-electron chi connectivity index (χ3n) is 6.00. The van der Waals surface area contributed by atoms with Crippen LogP contribution in [0.3, 0.4) is 0 Å². The lowest BCUT2D eigenvalue weighted by Gasteiger charge is -2.14.